The van der Waals surface area contributed by atoms with Crippen molar-refractivity contribution in [1.82, 2.24) is 0 Å². The van der Waals surface area contributed by atoms with Gasteiger partial charge in [-0.3, -0.25) is 0 Å². The molecule has 2 aliphatic heterocycles. The fourth-order valence-electron chi connectivity index (χ4n) is 10.8. The van der Waals surface area contributed by atoms with Crippen LogP contribution in [0.5, 0.6) is 0 Å². The van der Waals surface area contributed by atoms with Gasteiger partial charge in [0.05, 0.1) is 42.7 Å². The number of ether oxygens (including phenoxy) is 3. The molecule has 0 spiro atoms. The van der Waals surface area contributed by atoms with E-state index < -0.39 is 59.6 Å². The van der Waals surface area contributed by atoms with Crippen LogP contribution in [-0.4, -0.2) is 108 Å². The van der Waals surface area contributed by atoms with Crippen molar-refractivity contribution < 1.29 is 36.3 Å². The maximum absolute atomic E-state index is 8.08. The predicted octanol–water partition coefficient (Wildman–Crippen LogP) is 17.8. The molecule has 14 heteroatoms. The molecule has 71 heavy (non-hydrogen) atoms. The predicted molar refractivity (Wildman–Crippen MR) is 327 cm³/mol. The van der Waals surface area contributed by atoms with Gasteiger partial charge in [0.25, 0.3) is 0 Å². The van der Waals surface area contributed by atoms with Gasteiger partial charge >= 0.3 is 0 Å². The Bertz CT molecular complexity index is 1580. The van der Waals surface area contributed by atoms with E-state index >= 15 is 0 Å². The molecule has 0 N–H and O–H groups in total. The van der Waals surface area contributed by atoms with Crippen LogP contribution in [-0.2, 0) is 36.3 Å². The summed E-state index contributed by atoms with van der Waals surface area (Å²) in [6.07, 6.45) is 8.98. The molecule has 0 bridgehead atoms. The first-order chi connectivity index (χ1) is 33.0. The number of rotatable bonds is 32. The van der Waals surface area contributed by atoms with E-state index in [1.54, 1.807) is 0 Å². The van der Waals surface area contributed by atoms with Gasteiger partial charge in [-0.1, -0.05) is 184 Å². The van der Waals surface area contributed by atoms with E-state index in [2.05, 4.69) is 179 Å². The number of unbranched alkanes of at least 4 members (excludes halogenated alkanes) is 1. The third kappa shape index (κ3) is 17.4. The Balaban J connectivity index is 3.17. The average molecular weight is 1200 g/mol. The molecular weight excluding hydrogens is 1080 g/mol. The summed E-state index contributed by atoms with van der Waals surface area (Å²) in [5, 5.41) is 0.0932. The Morgan fingerprint density at radius 2 is 1.18 bits per heavy atom. The molecule has 2 fully saturated rings. The van der Waals surface area contributed by atoms with E-state index in [1.807, 2.05) is 19.3 Å². The topological polar surface area (TPSA) is 73.8 Å². The zero-order valence-corrected chi connectivity index (χ0v) is 57.5. The zero-order chi connectivity index (χ0) is 54.4. The molecule has 418 valence electrons. The van der Waals surface area contributed by atoms with Crippen LogP contribution in [0.15, 0.2) is 37.0 Å². The Morgan fingerprint density at radius 3 is 1.62 bits per heavy atom. The lowest BCUT2D eigenvalue weighted by Crippen LogP contribution is -2.70. The SMILES string of the molecule is C=C/C=C/[C@H](CC(=C)C[C@H]1O[C@@H]([C@H](O[Si](CC)(CC)CC)[C@@]2(OC)C[C@H](O[Si](C)(C)C(C)(C)C)[C@@H](C)[C@@H](CCCCI)O2)[C@H](C)[C@@H](O[Si](CC)(CC)CC)[C@@H]1O[Si](CC)(CC)CC)O[Si](C)(C)C(C)(C)C. The zero-order valence-electron chi connectivity index (χ0n) is 50.4. The van der Waals surface area contributed by atoms with Gasteiger partial charge in [-0.15, -0.1) is 0 Å². The van der Waals surface area contributed by atoms with E-state index in [-0.39, 0.29) is 58.5 Å². The number of alkyl halides is 1. The molecule has 11 atom stereocenters. The van der Waals surface area contributed by atoms with Crippen LogP contribution in [0.1, 0.15) is 156 Å². The van der Waals surface area contributed by atoms with Crippen molar-refractivity contribution >= 4 is 64.2 Å². The second kappa shape index (κ2) is 29.1. The molecule has 2 aliphatic rings. The first kappa shape index (κ1) is 67.8. The van der Waals surface area contributed by atoms with Gasteiger partial charge in [0.1, 0.15) is 6.10 Å². The fourth-order valence-corrected chi connectivity index (χ4v) is 22.6. The minimum absolute atomic E-state index is 0.0384. The molecular formula is C57H115IO8Si5. The van der Waals surface area contributed by atoms with Gasteiger partial charge < -0.3 is 36.3 Å². The van der Waals surface area contributed by atoms with Crippen LogP contribution in [0.2, 0.25) is 90.7 Å². The monoisotopic (exact) mass is 1190 g/mol. The van der Waals surface area contributed by atoms with Crippen molar-refractivity contribution in [2.24, 2.45) is 11.8 Å². The summed E-state index contributed by atoms with van der Waals surface area (Å²) in [5.74, 6) is -1.05. The van der Waals surface area contributed by atoms with E-state index in [1.165, 1.54) is 0 Å². The van der Waals surface area contributed by atoms with Crippen LogP contribution in [0, 0.1) is 11.8 Å². The molecule has 0 aromatic rings. The standard InChI is InChI=1S/C57H115IO8Si5/c1-25-35-38-47(62-67(21,22)55(14,15)16)41-44(11)42-49-53(65-70(29-5,30-6)31-7)51(64-69(26-2,27-3)28-4)46(13)52(60-49)54(66-71(32-8,33-9)34-10)57(59-20)43-50(63-68(23,24)56(17,18)19)45(12)48(61-57)39-36-37-40-58/h25,35,38,45-54H,1,11,26-34,36-37,39-43H2,2-10,12-24H3/b38-35+/t45-,46+,47+,48+,49+,50-,51+,52+,53+,54-,57+/m0/s1. The summed E-state index contributed by atoms with van der Waals surface area (Å²) in [5.41, 5.74) is 1.09. The Labute approximate surface area is 459 Å². The third-order valence-corrected chi connectivity index (χ3v) is 42.6. The number of hydrogen-bond donors (Lipinski definition) is 0. The molecule has 0 aromatic heterocycles. The van der Waals surface area contributed by atoms with Gasteiger partial charge in [0, 0.05) is 25.4 Å². The van der Waals surface area contributed by atoms with Gasteiger partial charge in [-0.25, -0.2) is 0 Å². The largest absolute Gasteiger partial charge is 0.413 e. The Kier molecular flexibility index (Phi) is 27.8. The highest BCUT2D eigenvalue weighted by atomic mass is 127. The van der Waals surface area contributed by atoms with Crippen molar-refractivity contribution in [2.45, 2.75) is 302 Å². The van der Waals surface area contributed by atoms with E-state index in [0.29, 0.717) is 19.3 Å². The maximum Gasteiger partial charge on any atom is 0.198 e. The van der Waals surface area contributed by atoms with Crippen molar-refractivity contribution in [3.05, 3.63) is 37.0 Å². The van der Waals surface area contributed by atoms with Crippen molar-refractivity contribution in [1.29, 1.82) is 0 Å². The summed E-state index contributed by atoms with van der Waals surface area (Å²) in [4.78, 5) is 0. The quantitative estimate of drug-likeness (QED) is 0.0165. The lowest BCUT2D eigenvalue weighted by Gasteiger charge is -2.58. The van der Waals surface area contributed by atoms with Gasteiger partial charge in [-0.2, -0.15) is 0 Å². The van der Waals surface area contributed by atoms with Gasteiger partial charge in [0.15, 0.2) is 47.4 Å². The highest BCUT2D eigenvalue weighted by molar-refractivity contribution is 14.1. The lowest BCUT2D eigenvalue weighted by atomic mass is 9.78. The van der Waals surface area contributed by atoms with Crippen LogP contribution >= 0.6 is 22.6 Å². The van der Waals surface area contributed by atoms with Crippen molar-refractivity contribution in [3.63, 3.8) is 0 Å². The first-order valence-corrected chi connectivity index (χ1v) is 43.7. The number of hydrogen-bond acceptors (Lipinski definition) is 8. The molecule has 2 rings (SSSR count). The molecule has 0 unspecified atom stereocenters. The molecule has 0 radical (unpaired) electrons. The number of halogens is 1. The van der Waals surface area contributed by atoms with Crippen LogP contribution in [0.3, 0.4) is 0 Å². The molecule has 8 nitrogen and oxygen atoms in total. The summed E-state index contributed by atoms with van der Waals surface area (Å²) < 4.78 is 62.6. The lowest BCUT2D eigenvalue weighted by molar-refractivity contribution is -0.353. The smallest absolute Gasteiger partial charge is 0.198 e. The third-order valence-electron chi connectivity index (χ3n) is 18.9. The minimum Gasteiger partial charge on any atom is -0.413 e. The maximum atomic E-state index is 8.08. The van der Waals surface area contributed by atoms with Gasteiger partial charge in [0.2, 0.25) is 0 Å². The summed E-state index contributed by atoms with van der Waals surface area (Å²) in [7, 11) is -9.34. The molecule has 0 aromatic carbocycles. The summed E-state index contributed by atoms with van der Waals surface area (Å²) >= 11 is 2.51. The average Bonchev–Trinajstić information content (AvgIpc) is 3.32. The highest BCUT2D eigenvalue weighted by Gasteiger charge is 2.61. The van der Waals surface area contributed by atoms with Crippen LogP contribution in [0.4, 0.5) is 0 Å². The second-order valence-corrected chi connectivity index (χ2v) is 49.7. The number of methoxy groups -OCH3 is 1. The van der Waals surface area contributed by atoms with Gasteiger partial charge in [-0.05, 0) is 121 Å². The molecule has 2 heterocycles. The molecule has 0 amide bonds. The summed E-state index contributed by atoms with van der Waals surface area (Å²) in [6.45, 7) is 58.2. The molecule has 0 aliphatic carbocycles. The van der Waals surface area contributed by atoms with E-state index in [9.17, 15) is 0 Å². The van der Waals surface area contributed by atoms with E-state index in [0.717, 1.165) is 83.7 Å². The van der Waals surface area contributed by atoms with Crippen molar-refractivity contribution in [3.8, 4) is 0 Å². The minimum atomic E-state index is -2.38. The molecule has 0 saturated carbocycles. The fraction of sp³-hybridized carbons (Fsp3) is 0.895. The van der Waals surface area contributed by atoms with Crippen LogP contribution in [0.25, 0.3) is 0 Å². The number of allylic oxidation sites excluding steroid dienone is 2. The first-order valence-electron chi connectivity index (χ1n) is 28.8. The highest BCUT2D eigenvalue weighted by Crippen LogP contribution is 2.50. The Hall–Kier alpha value is 0.714. The summed E-state index contributed by atoms with van der Waals surface area (Å²) in [6, 6.07) is 9.23. The Morgan fingerprint density at radius 1 is 0.690 bits per heavy atom. The van der Waals surface area contributed by atoms with E-state index in [4.69, 9.17) is 42.9 Å². The van der Waals surface area contributed by atoms with Crippen LogP contribution < -0.4 is 0 Å². The normalized spacial score (nSPS) is 27.5. The second-order valence-electron chi connectivity index (χ2n) is 25.0. The molecule has 2 saturated heterocycles. The van der Waals surface area contributed by atoms with Crippen molar-refractivity contribution in [2.75, 3.05) is 11.5 Å².